The number of rotatable bonds is 6. The van der Waals surface area contributed by atoms with Gasteiger partial charge in [0.1, 0.15) is 5.84 Å². The predicted molar refractivity (Wildman–Crippen MR) is 74.4 cm³/mol. The SMILES string of the molecule is N=C(N)c1ccc(COCCN2CCOCC2)cc1. The van der Waals surface area contributed by atoms with E-state index in [0.29, 0.717) is 6.61 Å². The summed E-state index contributed by atoms with van der Waals surface area (Å²) in [4.78, 5) is 2.35. The Morgan fingerprint density at radius 2 is 1.95 bits per heavy atom. The number of nitrogens with zero attached hydrogens (tertiary/aromatic N) is 1. The van der Waals surface area contributed by atoms with E-state index >= 15 is 0 Å². The molecule has 104 valence electrons. The van der Waals surface area contributed by atoms with Crippen LogP contribution >= 0.6 is 0 Å². The van der Waals surface area contributed by atoms with Crippen molar-refractivity contribution in [3.63, 3.8) is 0 Å². The number of nitrogens with one attached hydrogen (secondary N) is 1. The average molecular weight is 263 g/mol. The van der Waals surface area contributed by atoms with Crippen molar-refractivity contribution < 1.29 is 9.47 Å². The smallest absolute Gasteiger partial charge is 0.122 e. The van der Waals surface area contributed by atoms with Crippen molar-refractivity contribution in [3.8, 4) is 0 Å². The van der Waals surface area contributed by atoms with E-state index in [1.165, 1.54) is 0 Å². The zero-order chi connectivity index (χ0) is 13.5. The Morgan fingerprint density at radius 1 is 1.26 bits per heavy atom. The van der Waals surface area contributed by atoms with Crippen LogP contribution in [0.5, 0.6) is 0 Å². The number of hydrogen-bond donors (Lipinski definition) is 2. The van der Waals surface area contributed by atoms with Gasteiger partial charge in [-0.25, -0.2) is 0 Å². The third-order valence-electron chi connectivity index (χ3n) is 3.19. The van der Waals surface area contributed by atoms with Crippen molar-refractivity contribution in [2.75, 3.05) is 39.5 Å². The Hall–Kier alpha value is -1.43. The molecule has 19 heavy (non-hydrogen) atoms. The van der Waals surface area contributed by atoms with Gasteiger partial charge in [-0.15, -0.1) is 0 Å². The number of nitrogen functional groups attached to an aromatic ring is 1. The summed E-state index contributed by atoms with van der Waals surface area (Å²) in [6, 6.07) is 7.60. The van der Waals surface area contributed by atoms with Crippen LogP contribution in [0.1, 0.15) is 11.1 Å². The Kier molecular flexibility index (Phi) is 5.32. The molecule has 1 heterocycles. The van der Waals surface area contributed by atoms with Gasteiger partial charge in [-0.1, -0.05) is 24.3 Å². The third-order valence-corrected chi connectivity index (χ3v) is 3.19. The second-order valence-electron chi connectivity index (χ2n) is 4.62. The molecule has 1 saturated heterocycles. The quantitative estimate of drug-likeness (QED) is 0.453. The van der Waals surface area contributed by atoms with Crippen LogP contribution in [0.15, 0.2) is 24.3 Å². The van der Waals surface area contributed by atoms with Crippen molar-refractivity contribution in [3.05, 3.63) is 35.4 Å². The van der Waals surface area contributed by atoms with Gasteiger partial charge in [0.05, 0.1) is 26.4 Å². The molecule has 1 fully saturated rings. The van der Waals surface area contributed by atoms with Crippen LogP contribution in [0.2, 0.25) is 0 Å². The Balaban J connectivity index is 1.66. The van der Waals surface area contributed by atoms with E-state index in [-0.39, 0.29) is 5.84 Å². The lowest BCUT2D eigenvalue weighted by Gasteiger charge is -2.26. The van der Waals surface area contributed by atoms with Crippen LogP contribution < -0.4 is 5.73 Å². The Morgan fingerprint density at radius 3 is 2.58 bits per heavy atom. The topological polar surface area (TPSA) is 71.6 Å². The van der Waals surface area contributed by atoms with Crippen molar-refractivity contribution in [2.24, 2.45) is 5.73 Å². The molecular formula is C14H21N3O2. The number of nitrogens with two attached hydrogens (primary N) is 1. The van der Waals surface area contributed by atoms with Crippen LogP contribution in [-0.4, -0.2) is 50.2 Å². The summed E-state index contributed by atoms with van der Waals surface area (Å²) >= 11 is 0. The van der Waals surface area contributed by atoms with Crippen molar-refractivity contribution in [2.45, 2.75) is 6.61 Å². The first-order valence-corrected chi connectivity index (χ1v) is 6.57. The van der Waals surface area contributed by atoms with Gasteiger partial charge in [-0.3, -0.25) is 10.3 Å². The molecule has 1 aromatic rings. The molecule has 0 spiro atoms. The van der Waals surface area contributed by atoms with Crippen molar-refractivity contribution >= 4 is 5.84 Å². The van der Waals surface area contributed by atoms with Crippen LogP contribution in [0, 0.1) is 5.41 Å². The molecule has 0 bridgehead atoms. The fraction of sp³-hybridized carbons (Fsp3) is 0.500. The molecule has 1 aromatic carbocycles. The lowest BCUT2D eigenvalue weighted by molar-refractivity contribution is 0.0180. The number of morpholine rings is 1. The lowest BCUT2D eigenvalue weighted by atomic mass is 10.1. The van der Waals surface area contributed by atoms with Crippen molar-refractivity contribution in [1.82, 2.24) is 4.90 Å². The molecule has 0 atom stereocenters. The fourth-order valence-corrected chi connectivity index (χ4v) is 1.99. The van der Waals surface area contributed by atoms with E-state index in [9.17, 15) is 0 Å². The number of ether oxygens (including phenoxy) is 2. The molecule has 5 nitrogen and oxygen atoms in total. The Bertz CT molecular complexity index is 400. The molecule has 0 aromatic heterocycles. The van der Waals surface area contributed by atoms with Crippen LogP contribution in [0.25, 0.3) is 0 Å². The maximum absolute atomic E-state index is 7.32. The van der Waals surface area contributed by atoms with E-state index in [1.807, 2.05) is 24.3 Å². The first kappa shape index (κ1) is 14.0. The van der Waals surface area contributed by atoms with E-state index in [0.717, 1.165) is 50.6 Å². The zero-order valence-electron chi connectivity index (χ0n) is 11.1. The van der Waals surface area contributed by atoms with Gasteiger partial charge in [-0.05, 0) is 5.56 Å². The molecule has 0 unspecified atom stereocenters. The highest BCUT2D eigenvalue weighted by Gasteiger charge is 2.09. The summed E-state index contributed by atoms with van der Waals surface area (Å²) in [6.45, 7) is 5.93. The molecular weight excluding hydrogens is 242 g/mol. The highest BCUT2D eigenvalue weighted by Crippen LogP contribution is 2.05. The highest BCUT2D eigenvalue weighted by molar-refractivity contribution is 5.94. The summed E-state index contributed by atoms with van der Waals surface area (Å²) in [5.41, 5.74) is 7.26. The normalized spacial score (nSPS) is 16.4. The first-order valence-electron chi connectivity index (χ1n) is 6.57. The van der Waals surface area contributed by atoms with Gasteiger partial charge >= 0.3 is 0 Å². The second-order valence-corrected chi connectivity index (χ2v) is 4.62. The van der Waals surface area contributed by atoms with Crippen LogP contribution in [-0.2, 0) is 16.1 Å². The number of benzene rings is 1. The molecule has 3 N–H and O–H groups in total. The van der Waals surface area contributed by atoms with Gasteiger partial charge in [0.25, 0.3) is 0 Å². The zero-order valence-corrected chi connectivity index (χ0v) is 11.1. The summed E-state index contributed by atoms with van der Waals surface area (Å²) in [5, 5.41) is 7.32. The minimum absolute atomic E-state index is 0.0970. The average Bonchev–Trinajstić information content (AvgIpc) is 2.45. The maximum atomic E-state index is 7.32. The fourth-order valence-electron chi connectivity index (χ4n) is 1.99. The molecule has 1 aliphatic rings. The minimum atomic E-state index is 0.0970. The van der Waals surface area contributed by atoms with Crippen molar-refractivity contribution in [1.29, 1.82) is 5.41 Å². The highest BCUT2D eigenvalue weighted by atomic mass is 16.5. The monoisotopic (exact) mass is 263 g/mol. The largest absolute Gasteiger partial charge is 0.384 e. The standard InChI is InChI=1S/C14H21N3O2/c15-14(16)13-3-1-12(2-4-13)11-19-10-7-17-5-8-18-9-6-17/h1-4H,5-11H2,(H3,15,16). The van der Waals surface area contributed by atoms with E-state index < -0.39 is 0 Å². The van der Waals surface area contributed by atoms with Gasteiger partial charge in [0.15, 0.2) is 0 Å². The van der Waals surface area contributed by atoms with Crippen LogP contribution in [0.3, 0.4) is 0 Å². The van der Waals surface area contributed by atoms with Gasteiger partial charge in [-0.2, -0.15) is 0 Å². The summed E-state index contributed by atoms with van der Waals surface area (Å²) < 4.78 is 11.0. The minimum Gasteiger partial charge on any atom is -0.384 e. The lowest BCUT2D eigenvalue weighted by Crippen LogP contribution is -2.38. The van der Waals surface area contributed by atoms with E-state index in [1.54, 1.807) is 0 Å². The van der Waals surface area contributed by atoms with Crippen LogP contribution in [0.4, 0.5) is 0 Å². The molecule has 0 radical (unpaired) electrons. The van der Waals surface area contributed by atoms with Gasteiger partial charge in [0, 0.05) is 25.2 Å². The molecule has 1 aliphatic heterocycles. The van der Waals surface area contributed by atoms with E-state index in [4.69, 9.17) is 20.6 Å². The number of hydrogen-bond acceptors (Lipinski definition) is 4. The molecule has 5 heteroatoms. The maximum Gasteiger partial charge on any atom is 0.122 e. The Labute approximate surface area is 113 Å². The van der Waals surface area contributed by atoms with Gasteiger partial charge < -0.3 is 15.2 Å². The third kappa shape index (κ3) is 4.63. The second kappa shape index (κ2) is 7.23. The molecule has 0 amide bonds. The first-order chi connectivity index (χ1) is 9.25. The van der Waals surface area contributed by atoms with E-state index in [2.05, 4.69) is 4.90 Å². The van der Waals surface area contributed by atoms with Gasteiger partial charge in [0.2, 0.25) is 0 Å². The summed E-state index contributed by atoms with van der Waals surface area (Å²) in [5.74, 6) is 0.0970. The molecule has 2 rings (SSSR count). The predicted octanol–water partition coefficient (Wildman–Crippen LogP) is 0.819. The summed E-state index contributed by atoms with van der Waals surface area (Å²) in [7, 11) is 0. The molecule has 0 saturated carbocycles. The summed E-state index contributed by atoms with van der Waals surface area (Å²) in [6.07, 6.45) is 0. The number of amidine groups is 1. The molecule has 0 aliphatic carbocycles.